The fourth-order valence-corrected chi connectivity index (χ4v) is 3.22. The molecule has 1 fully saturated rings. The van der Waals surface area contributed by atoms with Gasteiger partial charge < -0.3 is 10.4 Å². The standard InChI is InChI=1S/C14H22N2O3S/c1-10(16-12-5-7-13(17)8-6-12)11-3-2-4-14(9-11)20(15,18)19/h2-4,9-10,12-13,16-17H,5-8H2,1H3,(H2,15,18,19). The number of nitrogens with two attached hydrogens (primary N) is 1. The van der Waals surface area contributed by atoms with Crippen molar-refractivity contribution in [3.8, 4) is 0 Å². The minimum Gasteiger partial charge on any atom is -0.393 e. The van der Waals surface area contributed by atoms with Gasteiger partial charge in [0.2, 0.25) is 10.0 Å². The molecule has 0 amide bonds. The highest BCUT2D eigenvalue weighted by Crippen LogP contribution is 2.23. The third kappa shape index (κ3) is 4.02. The number of sulfonamides is 1. The van der Waals surface area contributed by atoms with Crippen molar-refractivity contribution in [2.24, 2.45) is 5.14 Å². The number of hydrogen-bond acceptors (Lipinski definition) is 4. The second-order valence-electron chi connectivity index (χ2n) is 5.51. The highest BCUT2D eigenvalue weighted by Gasteiger charge is 2.21. The van der Waals surface area contributed by atoms with Crippen LogP contribution >= 0.6 is 0 Å². The molecule has 2 rings (SSSR count). The smallest absolute Gasteiger partial charge is 0.238 e. The van der Waals surface area contributed by atoms with Crippen molar-refractivity contribution in [3.63, 3.8) is 0 Å². The summed E-state index contributed by atoms with van der Waals surface area (Å²) in [6.07, 6.45) is 3.36. The summed E-state index contributed by atoms with van der Waals surface area (Å²) in [5.41, 5.74) is 0.905. The van der Waals surface area contributed by atoms with E-state index in [0.717, 1.165) is 31.2 Å². The lowest BCUT2D eigenvalue weighted by molar-refractivity contribution is 0.114. The second kappa shape index (κ2) is 6.22. The molecule has 5 nitrogen and oxygen atoms in total. The second-order valence-corrected chi connectivity index (χ2v) is 7.07. The summed E-state index contributed by atoms with van der Waals surface area (Å²) in [6.45, 7) is 2.01. The first kappa shape index (κ1) is 15.4. The molecule has 0 saturated heterocycles. The lowest BCUT2D eigenvalue weighted by Gasteiger charge is -2.29. The number of aliphatic hydroxyl groups excluding tert-OH is 1. The molecule has 1 unspecified atom stereocenters. The van der Waals surface area contributed by atoms with Crippen molar-refractivity contribution < 1.29 is 13.5 Å². The predicted molar refractivity (Wildman–Crippen MR) is 77.6 cm³/mol. The van der Waals surface area contributed by atoms with Gasteiger partial charge in [-0.05, 0) is 50.3 Å². The van der Waals surface area contributed by atoms with E-state index in [-0.39, 0.29) is 17.0 Å². The molecule has 0 aromatic heterocycles. The van der Waals surface area contributed by atoms with Crippen LogP contribution in [0.2, 0.25) is 0 Å². The predicted octanol–water partition coefficient (Wildman–Crippen LogP) is 1.29. The topological polar surface area (TPSA) is 92.4 Å². The number of aliphatic hydroxyl groups is 1. The van der Waals surface area contributed by atoms with E-state index in [9.17, 15) is 13.5 Å². The van der Waals surface area contributed by atoms with Gasteiger partial charge >= 0.3 is 0 Å². The van der Waals surface area contributed by atoms with Crippen molar-refractivity contribution in [3.05, 3.63) is 29.8 Å². The van der Waals surface area contributed by atoms with Gasteiger partial charge in [-0.1, -0.05) is 12.1 Å². The Morgan fingerprint density at radius 1 is 1.30 bits per heavy atom. The van der Waals surface area contributed by atoms with E-state index in [4.69, 9.17) is 5.14 Å². The normalized spacial score (nSPS) is 25.4. The third-order valence-electron chi connectivity index (χ3n) is 3.87. The summed E-state index contributed by atoms with van der Waals surface area (Å²) in [4.78, 5) is 0.141. The van der Waals surface area contributed by atoms with Crippen LogP contribution in [0.5, 0.6) is 0 Å². The zero-order valence-corrected chi connectivity index (χ0v) is 12.4. The zero-order valence-electron chi connectivity index (χ0n) is 11.6. The van der Waals surface area contributed by atoms with Crippen LogP contribution in [0.25, 0.3) is 0 Å². The van der Waals surface area contributed by atoms with Crippen LogP contribution in [0.15, 0.2) is 29.2 Å². The molecule has 1 aromatic rings. The molecule has 0 aliphatic heterocycles. The van der Waals surface area contributed by atoms with E-state index >= 15 is 0 Å². The van der Waals surface area contributed by atoms with Crippen molar-refractivity contribution in [2.75, 3.05) is 0 Å². The summed E-state index contributed by atoms with van der Waals surface area (Å²) < 4.78 is 22.7. The van der Waals surface area contributed by atoms with E-state index in [1.165, 1.54) is 6.07 Å². The minimum atomic E-state index is -3.66. The molecule has 112 valence electrons. The SMILES string of the molecule is CC(NC1CCC(O)CC1)c1cccc(S(N)(=O)=O)c1. The Kier molecular flexibility index (Phi) is 4.80. The highest BCUT2D eigenvalue weighted by atomic mass is 32.2. The van der Waals surface area contributed by atoms with Crippen LogP contribution in [0.3, 0.4) is 0 Å². The van der Waals surface area contributed by atoms with Gasteiger partial charge in [0, 0.05) is 12.1 Å². The maximum Gasteiger partial charge on any atom is 0.238 e. The molecular formula is C14H22N2O3S. The van der Waals surface area contributed by atoms with Gasteiger partial charge in [-0.2, -0.15) is 0 Å². The number of primary sulfonamides is 1. The van der Waals surface area contributed by atoms with Gasteiger partial charge in [0.15, 0.2) is 0 Å². The zero-order chi connectivity index (χ0) is 14.8. The fourth-order valence-electron chi connectivity index (χ4n) is 2.65. The number of rotatable bonds is 4. The molecule has 0 spiro atoms. The highest BCUT2D eigenvalue weighted by molar-refractivity contribution is 7.89. The summed E-state index contributed by atoms with van der Waals surface area (Å²) in [6, 6.07) is 7.14. The summed E-state index contributed by atoms with van der Waals surface area (Å²) in [5.74, 6) is 0. The number of hydrogen-bond donors (Lipinski definition) is 3. The molecule has 1 saturated carbocycles. The van der Waals surface area contributed by atoms with Gasteiger partial charge in [0.1, 0.15) is 0 Å². The molecule has 20 heavy (non-hydrogen) atoms. The average molecular weight is 298 g/mol. The van der Waals surface area contributed by atoms with Crippen LogP contribution in [-0.2, 0) is 10.0 Å². The largest absolute Gasteiger partial charge is 0.393 e. The van der Waals surface area contributed by atoms with Crippen LogP contribution in [0.4, 0.5) is 0 Å². The summed E-state index contributed by atoms with van der Waals surface area (Å²) >= 11 is 0. The van der Waals surface area contributed by atoms with Crippen LogP contribution in [0.1, 0.15) is 44.2 Å². The third-order valence-corrected chi connectivity index (χ3v) is 4.78. The fraction of sp³-hybridized carbons (Fsp3) is 0.571. The quantitative estimate of drug-likeness (QED) is 0.781. The van der Waals surface area contributed by atoms with E-state index in [1.807, 2.05) is 13.0 Å². The molecule has 6 heteroatoms. The minimum absolute atomic E-state index is 0.0527. The van der Waals surface area contributed by atoms with E-state index in [1.54, 1.807) is 12.1 Å². The molecule has 4 N–H and O–H groups in total. The van der Waals surface area contributed by atoms with Crippen molar-refractivity contribution in [1.29, 1.82) is 0 Å². The maximum atomic E-state index is 11.4. The molecule has 1 aliphatic carbocycles. The van der Waals surface area contributed by atoms with Crippen molar-refractivity contribution in [2.45, 2.75) is 55.7 Å². The Labute approximate surface area is 120 Å². The van der Waals surface area contributed by atoms with Gasteiger partial charge in [-0.25, -0.2) is 13.6 Å². The van der Waals surface area contributed by atoms with E-state index < -0.39 is 10.0 Å². The van der Waals surface area contributed by atoms with Gasteiger partial charge in [0.25, 0.3) is 0 Å². The molecule has 1 aromatic carbocycles. The monoisotopic (exact) mass is 298 g/mol. The first-order valence-electron chi connectivity index (χ1n) is 6.93. The number of benzene rings is 1. The van der Waals surface area contributed by atoms with Gasteiger partial charge in [-0.15, -0.1) is 0 Å². The first-order chi connectivity index (χ1) is 9.36. The number of nitrogens with one attached hydrogen (secondary N) is 1. The lowest BCUT2D eigenvalue weighted by Crippen LogP contribution is -2.36. The van der Waals surface area contributed by atoms with E-state index in [2.05, 4.69) is 5.32 Å². The van der Waals surface area contributed by atoms with Crippen molar-refractivity contribution >= 4 is 10.0 Å². The Morgan fingerprint density at radius 2 is 1.95 bits per heavy atom. The van der Waals surface area contributed by atoms with Gasteiger partial charge in [0.05, 0.1) is 11.0 Å². The molecule has 0 heterocycles. The first-order valence-corrected chi connectivity index (χ1v) is 8.48. The molecule has 1 atom stereocenters. The Hall–Kier alpha value is -0.950. The van der Waals surface area contributed by atoms with E-state index in [0.29, 0.717) is 6.04 Å². The molecule has 1 aliphatic rings. The summed E-state index contributed by atoms with van der Waals surface area (Å²) in [7, 11) is -3.66. The Balaban J connectivity index is 2.04. The molecule has 0 bridgehead atoms. The van der Waals surface area contributed by atoms with Crippen molar-refractivity contribution in [1.82, 2.24) is 5.32 Å². The van der Waals surface area contributed by atoms with Crippen LogP contribution in [0, 0.1) is 0 Å². The van der Waals surface area contributed by atoms with Gasteiger partial charge in [-0.3, -0.25) is 0 Å². The lowest BCUT2D eigenvalue weighted by atomic mass is 9.92. The summed E-state index contributed by atoms with van der Waals surface area (Å²) in [5, 5.41) is 18.1. The Bertz CT molecular complexity index is 551. The Morgan fingerprint density at radius 3 is 2.55 bits per heavy atom. The van der Waals surface area contributed by atoms with Crippen LogP contribution < -0.4 is 10.5 Å². The maximum absolute atomic E-state index is 11.4. The molecule has 0 radical (unpaired) electrons. The molecular weight excluding hydrogens is 276 g/mol. The average Bonchev–Trinajstić information content (AvgIpc) is 2.40. The van der Waals surface area contributed by atoms with Crippen LogP contribution in [-0.4, -0.2) is 25.7 Å².